The van der Waals surface area contributed by atoms with Gasteiger partial charge < -0.3 is 14.8 Å². The molecule has 0 amide bonds. The average Bonchev–Trinajstić information content (AvgIpc) is 2.86. The Kier molecular flexibility index (Phi) is 4.56. The van der Waals surface area contributed by atoms with E-state index in [2.05, 4.69) is 5.32 Å². The molecule has 132 valence electrons. The fourth-order valence-electron chi connectivity index (χ4n) is 3.09. The van der Waals surface area contributed by atoms with E-state index in [0.29, 0.717) is 11.4 Å². The van der Waals surface area contributed by atoms with E-state index in [1.54, 1.807) is 20.8 Å². The molecule has 1 aromatic rings. The van der Waals surface area contributed by atoms with Gasteiger partial charge in [0.1, 0.15) is 12.4 Å². The summed E-state index contributed by atoms with van der Waals surface area (Å²) in [4.78, 5) is 24.9. The third-order valence-corrected chi connectivity index (χ3v) is 4.39. The Morgan fingerprint density at radius 3 is 2.80 bits per heavy atom. The Balaban J connectivity index is 2.21. The van der Waals surface area contributed by atoms with E-state index in [4.69, 9.17) is 21.1 Å². The molecule has 0 bridgehead atoms. The van der Waals surface area contributed by atoms with Gasteiger partial charge in [-0.05, 0) is 32.9 Å². The highest BCUT2D eigenvalue weighted by atomic mass is 35.5. The number of hydrogen-bond acceptors (Lipinski definition) is 5. The third-order valence-electron chi connectivity index (χ3n) is 4.06. The minimum absolute atomic E-state index is 0.0422. The molecule has 0 radical (unpaired) electrons. The van der Waals surface area contributed by atoms with E-state index >= 15 is 0 Å². The van der Waals surface area contributed by atoms with E-state index in [1.165, 1.54) is 18.2 Å². The maximum absolute atomic E-state index is 14.6. The van der Waals surface area contributed by atoms with Crippen LogP contribution >= 0.6 is 11.6 Å². The number of allylic oxidation sites excluding steroid dienone is 1. The third kappa shape index (κ3) is 3.02. The molecule has 0 aliphatic carbocycles. The summed E-state index contributed by atoms with van der Waals surface area (Å²) in [5.41, 5.74) is 1.39. The molecule has 1 atom stereocenters. The lowest BCUT2D eigenvalue weighted by atomic mass is 9.80. The van der Waals surface area contributed by atoms with Crippen LogP contribution in [0.2, 0.25) is 5.02 Å². The van der Waals surface area contributed by atoms with Gasteiger partial charge in [-0.25, -0.2) is 14.0 Å². The zero-order valence-electron chi connectivity index (χ0n) is 14.0. The van der Waals surface area contributed by atoms with Crippen molar-refractivity contribution < 1.29 is 23.5 Å². The van der Waals surface area contributed by atoms with Gasteiger partial charge in [0.2, 0.25) is 0 Å². The van der Waals surface area contributed by atoms with Crippen LogP contribution in [-0.2, 0) is 19.1 Å². The van der Waals surface area contributed by atoms with Crippen LogP contribution in [0.15, 0.2) is 40.7 Å². The number of rotatable bonds is 3. The highest BCUT2D eigenvalue weighted by Gasteiger charge is 2.43. The Bertz CT molecular complexity index is 808. The molecule has 0 saturated heterocycles. The Hall–Kier alpha value is -2.34. The van der Waals surface area contributed by atoms with Crippen molar-refractivity contribution in [2.45, 2.75) is 32.8 Å². The number of halogens is 2. The molecule has 1 N–H and O–H groups in total. The van der Waals surface area contributed by atoms with Gasteiger partial charge in [0.15, 0.2) is 0 Å². The normalized spacial score (nSPS) is 19.8. The number of carbonyl (C=O) groups is 2. The van der Waals surface area contributed by atoms with Crippen LogP contribution in [-0.4, -0.2) is 24.6 Å². The van der Waals surface area contributed by atoms with Crippen LogP contribution < -0.4 is 5.32 Å². The summed E-state index contributed by atoms with van der Waals surface area (Å²) in [6.07, 6.45) is -0.365. The molecule has 2 heterocycles. The second-order valence-electron chi connectivity index (χ2n) is 6.15. The van der Waals surface area contributed by atoms with Crippen molar-refractivity contribution >= 4 is 23.5 Å². The van der Waals surface area contributed by atoms with Crippen LogP contribution in [0.1, 0.15) is 32.3 Å². The predicted octanol–water partition coefficient (Wildman–Crippen LogP) is 3.20. The van der Waals surface area contributed by atoms with Crippen LogP contribution in [0.4, 0.5) is 4.39 Å². The van der Waals surface area contributed by atoms with Gasteiger partial charge in [-0.15, -0.1) is 0 Å². The standard InChI is InChI=1S/C18H17ClFNO4/c1-8(2)25-18(23)13-9(3)21-12-7-24-17(22)15(12)16(13)14-10(19)5-4-6-11(14)20/h4-6,8,16,21H,7H2,1-3H3. The van der Waals surface area contributed by atoms with Crippen LogP contribution in [0.5, 0.6) is 0 Å². The Labute approximate surface area is 149 Å². The average molecular weight is 366 g/mol. The van der Waals surface area contributed by atoms with Crippen molar-refractivity contribution in [2.75, 3.05) is 6.61 Å². The van der Waals surface area contributed by atoms with Crippen molar-refractivity contribution in [2.24, 2.45) is 0 Å². The summed E-state index contributed by atoms with van der Waals surface area (Å²) in [5.74, 6) is -2.82. The first-order valence-corrected chi connectivity index (χ1v) is 8.22. The van der Waals surface area contributed by atoms with E-state index in [1.807, 2.05) is 0 Å². The maximum Gasteiger partial charge on any atom is 0.337 e. The van der Waals surface area contributed by atoms with E-state index in [0.717, 1.165) is 0 Å². The minimum Gasteiger partial charge on any atom is -0.460 e. The number of carbonyl (C=O) groups excluding carboxylic acids is 2. The number of esters is 2. The lowest BCUT2D eigenvalue weighted by molar-refractivity contribution is -0.143. The summed E-state index contributed by atoms with van der Waals surface area (Å²) in [6.45, 7) is 5.14. The molecule has 1 aromatic carbocycles. The molecule has 2 aliphatic heterocycles. The molecule has 7 heteroatoms. The molecule has 1 unspecified atom stereocenters. The monoisotopic (exact) mass is 365 g/mol. The van der Waals surface area contributed by atoms with Gasteiger partial charge in [0.05, 0.1) is 28.9 Å². The lowest BCUT2D eigenvalue weighted by Crippen LogP contribution is -2.31. The molecule has 0 spiro atoms. The largest absolute Gasteiger partial charge is 0.460 e. The second kappa shape index (κ2) is 6.52. The van der Waals surface area contributed by atoms with Crippen LogP contribution in [0.3, 0.4) is 0 Å². The number of nitrogens with one attached hydrogen (secondary N) is 1. The van der Waals surface area contributed by atoms with E-state index < -0.39 is 23.7 Å². The van der Waals surface area contributed by atoms with Crippen molar-refractivity contribution in [1.29, 1.82) is 0 Å². The SMILES string of the molecule is CC1=C(C(=O)OC(C)C)C(c2c(F)cccc2Cl)C2=C(COC2=O)N1. The van der Waals surface area contributed by atoms with Crippen molar-refractivity contribution in [3.8, 4) is 0 Å². The second-order valence-corrected chi connectivity index (χ2v) is 6.56. The summed E-state index contributed by atoms with van der Waals surface area (Å²) in [7, 11) is 0. The number of cyclic esters (lactones) is 1. The number of hydrogen-bond donors (Lipinski definition) is 1. The van der Waals surface area contributed by atoms with Gasteiger partial charge >= 0.3 is 11.9 Å². The number of benzene rings is 1. The highest BCUT2D eigenvalue weighted by molar-refractivity contribution is 6.31. The van der Waals surface area contributed by atoms with Crippen molar-refractivity contribution in [3.05, 3.63) is 57.1 Å². The zero-order valence-corrected chi connectivity index (χ0v) is 14.7. The first kappa shape index (κ1) is 17.5. The van der Waals surface area contributed by atoms with Crippen LogP contribution in [0.25, 0.3) is 0 Å². The summed E-state index contributed by atoms with van der Waals surface area (Å²) < 4.78 is 25.0. The fourth-order valence-corrected chi connectivity index (χ4v) is 3.36. The smallest absolute Gasteiger partial charge is 0.337 e. The first-order valence-electron chi connectivity index (χ1n) is 7.84. The summed E-state index contributed by atoms with van der Waals surface area (Å²) in [6, 6.07) is 4.22. The fraction of sp³-hybridized carbons (Fsp3) is 0.333. The van der Waals surface area contributed by atoms with Gasteiger partial charge in [-0.2, -0.15) is 0 Å². The van der Waals surface area contributed by atoms with Gasteiger partial charge in [-0.1, -0.05) is 17.7 Å². The predicted molar refractivity (Wildman–Crippen MR) is 89.2 cm³/mol. The Morgan fingerprint density at radius 2 is 2.16 bits per heavy atom. The molecule has 0 fully saturated rings. The number of dihydropyridines is 1. The van der Waals surface area contributed by atoms with E-state index in [9.17, 15) is 14.0 Å². The molecule has 2 aliphatic rings. The molecular weight excluding hydrogens is 349 g/mol. The van der Waals surface area contributed by atoms with Crippen LogP contribution in [0, 0.1) is 5.82 Å². The molecule has 5 nitrogen and oxygen atoms in total. The quantitative estimate of drug-likeness (QED) is 0.833. The summed E-state index contributed by atoms with van der Waals surface area (Å²) in [5, 5.41) is 3.12. The number of ether oxygens (including phenoxy) is 2. The summed E-state index contributed by atoms with van der Waals surface area (Å²) >= 11 is 6.21. The van der Waals surface area contributed by atoms with E-state index in [-0.39, 0.29) is 34.4 Å². The highest BCUT2D eigenvalue weighted by Crippen LogP contribution is 2.44. The first-order chi connectivity index (χ1) is 11.8. The molecule has 0 aromatic heterocycles. The molecule has 25 heavy (non-hydrogen) atoms. The van der Waals surface area contributed by atoms with Gasteiger partial charge in [-0.3, -0.25) is 0 Å². The maximum atomic E-state index is 14.6. The zero-order chi connectivity index (χ0) is 18.3. The lowest BCUT2D eigenvalue weighted by Gasteiger charge is -2.28. The minimum atomic E-state index is -0.980. The van der Waals surface area contributed by atoms with Gasteiger partial charge in [0.25, 0.3) is 0 Å². The van der Waals surface area contributed by atoms with Gasteiger partial charge in [0, 0.05) is 16.3 Å². The van der Waals surface area contributed by atoms with Crippen molar-refractivity contribution in [3.63, 3.8) is 0 Å². The molecular formula is C18H17ClFNO4. The molecule has 0 saturated carbocycles. The van der Waals surface area contributed by atoms with Crippen molar-refractivity contribution in [1.82, 2.24) is 5.32 Å². The molecule has 3 rings (SSSR count). The Morgan fingerprint density at radius 1 is 1.44 bits per heavy atom. The topological polar surface area (TPSA) is 64.6 Å².